The highest BCUT2D eigenvalue weighted by Gasteiger charge is 2.05. The van der Waals surface area contributed by atoms with E-state index in [1.165, 1.54) is 12.8 Å². The van der Waals surface area contributed by atoms with E-state index in [9.17, 15) is 0 Å². The Morgan fingerprint density at radius 1 is 1.10 bits per heavy atom. The van der Waals surface area contributed by atoms with Crippen LogP contribution in [-0.4, -0.2) is 38.5 Å². The lowest BCUT2D eigenvalue weighted by Gasteiger charge is -2.12. The zero-order chi connectivity index (χ0) is 14.8. The Morgan fingerprint density at radius 3 is 2.55 bits per heavy atom. The molecule has 0 aliphatic carbocycles. The molecule has 0 N–H and O–H groups in total. The highest BCUT2D eigenvalue weighted by atomic mass is 16.5. The normalized spacial score (nSPS) is 10.8. The predicted molar refractivity (Wildman–Crippen MR) is 83.9 cm³/mol. The molecule has 4 heteroatoms. The molecule has 0 radical (unpaired) electrons. The summed E-state index contributed by atoms with van der Waals surface area (Å²) >= 11 is 0. The highest BCUT2D eigenvalue weighted by molar-refractivity contribution is 5.80. The van der Waals surface area contributed by atoms with Crippen LogP contribution < -0.4 is 9.47 Å². The summed E-state index contributed by atoms with van der Waals surface area (Å²) in [6, 6.07) is 5.91. The Balaban J connectivity index is 2.73. The summed E-state index contributed by atoms with van der Waals surface area (Å²) in [4.78, 5) is 0. The van der Waals surface area contributed by atoms with Gasteiger partial charge in [0.1, 0.15) is 0 Å². The van der Waals surface area contributed by atoms with Gasteiger partial charge >= 0.3 is 0 Å². The number of rotatable bonds is 9. The summed E-state index contributed by atoms with van der Waals surface area (Å²) in [7, 11) is 3.79. The Morgan fingerprint density at radius 2 is 1.90 bits per heavy atom. The van der Waals surface area contributed by atoms with Crippen molar-refractivity contribution in [3.8, 4) is 11.5 Å². The molecule has 0 atom stereocenters. The summed E-state index contributed by atoms with van der Waals surface area (Å²) < 4.78 is 11.4. The van der Waals surface area contributed by atoms with Crippen molar-refractivity contribution in [3.63, 3.8) is 0 Å². The van der Waals surface area contributed by atoms with E-state index in [-0.39, 0.29) is 0 Å². The standard InChI is InChI=1S/C16H26N2O2/c1-5-7-8-11-20-15-10-9-14(13-17-18(3)4)12-16(15)19-6-2/h9-10,12-13H,5-8,11H2,1-4H3/b17-13+. The van der Waals surface area contributed by atoms with Crippen molar-refractivity contribution in [1.29, 1.82) is 0 Å². The number of unbranched alkanes of at least 4 members (excludes halogenated alkanes) is 2. The molecular weight excluding hydrogens is 252 g/mol. The fourth-order valence-electron chi connectivity index (χ4n) is 1.71. The highest BCUT2D eigenvalue weighted by Crippen LogP contribution is 2.28. The van der Waals surface area contributed by atoms with Crippen LogP contribution in [0.3, 0.4) is 0 Å². The Hall–Kier alpha value is -1.71. The molecule has 0 aliphatic heterocycles. The average Bonchev–Trinajstić information content (AvgIpc) is 2.43. The van der Waals surface area contributed by atoms with Crippen molar-refractivity contribution in [1.82, 2.24) is 5.01 Å². The van der Waals surface area contributed by atoms with Gasteiger partial charge in [-0.05, 0) is 37.1 Å². The molecule has 112 valence electrons. The van der Waals surface area contributed by atoms with Crippen molar-refractivity contribution < 1.29 is 9.47 Å². The smallest absolute Gasteiger partial charge is 0.161 e. The molecule has 1 aromatic rings. The molecule has 0 aliphatic rings. The van der Waals surface area contributed by atoms with E-state index in [0.717, 1.165) is 30.1 Å². The van der Waals surface area contributed by atoms with Crippen molar-refractivity contribution in [2.75, 3.05) is 27.3 Å². The van der Waals surface area contributed by atoms with E-state index in [1.807, 2.05) is 45.4 Å². The molecule has 20 heavy (non-hydrogen) atoms. The van der Waals surface area contributed by atoms with Crippen molar-refractivity contribution in [3.05, 3.63) is 23.8 Å². The largest absolute Gasteiger partial charge is 0.490 e. The quantitative estimate of drug-likeness (QED) is 0.393. The van der Waals surface area contributed by atoms with Gasteiger partial charge < -0.3 is 14.5 Å². The average molecular weight is 278 g/mol. The van der Waals surface area contributed by atoms with E-state index >= 15 is 0 Å². The molecule has 0 heterocycles. The fraction of sp³-hybridized carbons (Fsp3) is 0.562. The van der Waals surface area contributed by atoms with Gasteiger partial charge in [-0.25, -0.2) is 0 Å². The Kier molecular flexibility index (Phi) is 7.55. The van der Waals surface area contributed by atoms with Crippen LogP contribution in [0, 0.1) is 0 Å². The zero-order valence-electron chi connectivity index (χ0n) is 13.1. The number of hydrogen-bond acceptors (Lipinski definition) is 4. The maximum Gasteiger partial charge on any atom is 0.161 e. The van der Waals surface area contributed by atoms with Crippen LogP contribution in [0.4, 0.5) is 0 Å². The lowest BCUT2D eigenvalue weighted by Crippen LogP contribution is -2.03. The first-order chi connectivity index (χ1) is 9.67. The van der Waals surface area contributed by atoms with Crippen LogP contribution in [-0.2, 0) is 0 Å². The van der Waals surface area contributed by atoms with Crippen molar-refractivity contribution in [2.45, 2.75) is 33.1 Å². The van der Waals surface area contributed by atoms with Crippen LogP contribution in [0.1, 0.15) is 38.7 Å². The molecule has 4 nitrogen and oxygen atoms in total. The van der Waals surface area contributed by atoms with Gasteiger partial charge in [0.25, 0.3) is 0 Å². The Labute approximate surface area is 122 Å². The summed E-state index contributed by atoms with van der Waals surface area (Å²) in [6.45, 7) is 5.52. The number of nitrogens with zero attached hydrogens (tertiary/aromatic N) is 2. The third-order valence-corrected chi connectivity index (χ3v) is 2.71. The molecule has 1 rings (SSSR count). The van der Waals surface area contributed by atoms with Crippen LogP contribution in [0.15, 0.2) is 23.3 Å². The number of benzene rings is 1. The third-order valence-electron chi connectivity index (χ3n) is 2.71. The van der Waals surface area contributed by atoms with E-state index in [1.54, 1.807) is 5.01 Å². The second-order valence-electron chi connectivity index (χ2n) is 4.79. The third kappa shape index (κ3) is 5.95. The van der Waals surface area contributed by atoms with E-state index < -0.39 is 0 Å². The summed E-state index contributed by atoms with van der Waals surface area (Å²) in [5.74, 6) is 1.59. The van der Waals surface area contributed by atoms with Crippen LogP contribution in [0.25, 0.3) is 0 Å². The van der Waals surface area contributed by atoms with E-state index in [4.69, 9.17) is 9.47 Å². The molecule has 0 fully saturated rings. The number of hydrogen-bond donors (Lipinski definition) is 0. The monoisotopic (exact) mass is 278 g/mol. The molecule has 0 amide bonds. The summed E-state index contributed by atoms with van der Waals surface area (Å²) in [5, 5.41) is 5.98. The lowest BCUT2D eigenvalue weighted by atomic mass is 10.2. The van der Waals surface area contributed by atoms with Crippen LogP contribution in [0.5, 0.6) is 11.5 Å². The van der Waals surface area contributed by atoms with Crippen molar-refractivity contribution in [2.24, 2.45) is 5.10 Å². The lowest BCUT2D eigenvalue weighted by molar-refractivity contribution is 0.271. The van der Waals surface area contributed by atoms with Gasteiger partial charge in [-0.1, -0.05) is 19.8 Å². The molecular formula is C16H26N2O2. The molecule has 0 spiro atoms. The second kappa shape index (κ2) is 9.23. The summed E-state index contributed by atoms with van der Waals surface area (Å²) in [6.07, 6.45) is 5.27. The van der Waals surface area contributed by atoms with Gasteiger partial charge in [-0.2, -0.15) is 5.10 Å². The van der Waals surface area contributed by atoms with Crippen LogP contribution >= 0.6 is 0 Å². The molecule has 0 bridgehead atoms. The van der Waals surface area contributed by atoms with E-state index in [0.29, 0.717) is 6.61 Å². The van der Waals surface area contributed by atoms with Crippen molar-refractivity contribution >= 4 is 6.21 Å². The number of ether oxygens (including phenoxy) is 2. The van der Waals surface area contributed by atoms with Gasteiger partial charge in [-0.15, -0.1) is 0 Å². The number of hydrazone groups is 1. The molecule has 0 aromatic heterocycles. The maximum absolute atomic E-state index is 5.79. The first kappa shape index (κ1) is 16.3. The first-order valence-electron chi connectivity index (χ1n) is 7.28. The van der Waals surface area contributed by atoms with Gasteiger partial charge in [-0.3, -0.25) is 0 Å². The Bertz CT molecular complexity index is 417. The van der Waals surface area contributed by atoms with Gasteiger partial charge in [0.2, 0.25) is 0 Å². The SMILES string of the molecule is CCCCCOc1ccc(/C=N/N(C)C)cc1OCC. The molecule has 1 aromatic carbocycles. The minimum atomic E-state index is 0.625. The predicted octanol–water partition coefficient (Wildman–Crippen LogP) is 3.55. The maximum atomic E-state index is 5.79. The van der Waals surface area contributed by atoms with Gasteiger partial charge in [0.15, 0.2) is 11.5 Å². The minimum absolute atomic E-state index is 0.625. The molecule has 0 saturated heterocycles. The molecule has 0 unspecified atom stereocenters. The molecule has 0 saturated carbocycles. The van der Waals surface area contributed by atoms with Crippen LogP contribution in [0.2, 0.25) is 0 Å². The van der Waals surface area contributed by atoms with E-state index in [2.05, 4.69) is 12.0 Å². The fourth-order valence-corrected chi connectivity index (χ4v) is 1.71. The zero-order valence-corrected chi connectivity index (χ0v) is 13.1. The second-order valence-corrected chi connectivity index (χ2v) is 4.79. The minimum Gasteiger partial charge on any atom is -0.490 e. The van der Waals surface area contributed by atoms with Gasteiger partial charge in [0.05, 0.1) is 19.4 Å². The summed E-state index contributed by atoms with van der Waals surface area (Å²) in [5.41, 5.74) is 1.00. The first-order valence-corrected chi connectivity index (χ1v) is 7.28. The van der Waals surface area contributed by atoms with Gasteiger partial charge in [0, 0.05) is 14.1 Å². The topological polar surface area (TPSA) is 34.1 Å².